The highest BCUT2D eigenvalue weighted by Gasteiger charge is 2.31. The molecule has 4 nitrogen and oxygen atoms in total. The van der Waals surface area contributed by atoms with E-state index in [0.29, 0.717) is 5.69 Å². The molecule has 0 bridgehead atoms. The van der Waals surface area contributed by atoms with Crippen LogP contribution in [0.2, 0.25) is 0 Å². The predicted octanol–water partition coefficient (Wildman–Crippen LogP) is 4.14. The van der Waals surface area contributed by atoms with Gasteiger partial charge in [0.15, 0.2) is 13.1 Å². The van der Waals surface area contributed by atoms with Crippen molar-refractivity contribution < 1.29 is 9.59 Å². The number of anilines is 1. The molecular formula is C24H21BCl3N2O2. The van der Waals surface area contributed by atoms with E-state index in [0.717, 1.165) is 0 Å². The van der Waals surface area contributed by atoms with Crippen molar-refractivity contribution in [3.05, 3.63) is 102 Å². The first-order valence-corrected chi connectivity index (χ1v) is 10.7. The number of carbonyl (C=O) groups is 2. The van der Waals surface area contributed by atoms with Crippen molar-refractivity contribution in [1.29, 1.82) is 0 Å². The SMILES string of the molecule is CC(=O)/C(C(=O)Nc1ccccc1)=C(/N)C(Cl)(Cl)Cl.[B](c1ccccc1)c1ccccc1. The van der Waals surface area contributed by atoms with Crippen molar-refractivity contribution in [2.45, 2.75) is 10.7 Å². The molecule has 1 amide bonds. The molecule has 3 aromatic carbocycles. The molecule has 163 valence electrons. The lowest BCUT2D eigenvalue weighted by atomic mass is 9.64. The van der Waals surface area contributed by atoms with E-state index in [1.54, 1.807) is 30.3 Å². The van der Waals surface area contributed by atoms with Gasteiger partial charge < -0.3 is 11.1 Å². The van der Waals surface area contributed by atoms with Crippen molar-refractivity contribution in [3.8, 4) is 0 Å². The van der Waals surface area contributed by atoms with Crippen LogP contribution in [0.3, 0.4) is 0 Å². The Morgan fingerprint density at radius 1 is 0.781 bits per heavy atom. The second kappa shape index (κ2) is 12.3. The van der Waals surface area contributed by atoms with Crippen LogP contribution in [0.5, 0.6) is 0 Å². The van der Waals surface area contributed by atoms with Crippen LogP contribution in [-0.4, -0.2) is 22.8 Å². The number of benzene rings is 3. The lowest BCUT2D eigenvalue weighted by Gasteiger charge is -2.15. The quantitative estimate of drug-likeness (QED) is 0.187. The summed E-state index contributed by atoms with van der Waals surface area (Å²) in [5, 5.41) is 2.50. The molecule has 8 heteroatoms. The highest BCUT2D eigenvalue weighted by atomic mass is 35.6. The highest BCUT2D eigenvalue weighted by molar-refractivity contribution is 6.69. The maximum atomic E-state index is 12.0. The van der Waals surface area contributed by atoms with Crippen molar-refractivity contribution >= 4 is 70.4 Å². The second-order valence-electron chi connectivity index (χ2n) is 6.63. The monoisotopic (exact) mass is 485 g/mol. The summed E-state index contributed by atoms with van der Waals surface area (Å²) in [4.78, 5) is 23.5. The first-order valence-electron chi connectivity index (χ1n) is 9.57. The molecule has 32 heavy (non-hydrogen) atoms. The molecule has 0 aromatic heterocycles. The first-order chi connectivity index (χ1) is 15.2. The summed E-state index contributed by atoms with van der Waals surface area (Å²) in [6, 6.07) is 29.2. The van der Waals surface area contributed by atoms with Crippen LogP contribution < -0.4 is 22.0 Å². The third-order valence-electron chi connectivity index (χ3n) is 4.12. The molecule has 0 aliphatic carbocycles. The first kappa shape index (κ1) is 25.5. The third-order valence-corrected chi connectivity index (χ3v) is 4.73. The van der Waals surface area contributed by atoms with E-state index < -0.39 is 21.2 Å². The minimum absolute atomic E-state index is 0.371. The molecule has 0 heterocycles. The summed E-state index contributed by atoms with van der Waals surface area (Å²) in [7, 11) is 2.17. The van der Waals surface area contributed by atoms with Gasteiger partial charge in [-0.2, -0.15) is 0 Å². The number of hydrogen-bond donors (Lipinski definition) is 2. The van der Waals surface area contributed by atoms with Gasteiger partial charge in [-0.1, -0.05) is 125 Å². The van der Waals surface area contributed by atoms with E-state index in [9.17, 15) is 9.59 Å². The van der Waals surface area contributed by atoms with E-state index in [1.165, 1.54) is 17.8 Å². The summed E-state index contributed by atoms with van der Waals surface area (Å²) in [6.45, 7) is 1.17. The fourth-order valence-corrected chi connectivity index (χ4v) is 2.90. The molecule has 0 spiro atoms. The van der Waals surface area contributed by atoms with Gasteiger partial charge in [0, 0.05) is 5.69 Å². The smallest absolute Gasteiger partial charge is 0.261 e. The number of amides is 1. The van der Waals surface area contributed by atoms with Crippen LogP contribution in [0, 0.1) is 0 Å². The van der Waals surface area contributed by atoms with Gasteiger partial charge in [-0.3, -0.25) is 9.59 Å². The fourth-order valence-electron chi connectivity index (χ4n) is 2.62. The normalized spacial score (nSPS) is 11.4. The Bertz CT molecular complexity index is 1020. The number of para-hydroxylation sites is 1. The molecule has 0 saturated heterocycles. The fraction of sp³-hybridized carbons (Fsp3) is 0.0833. The number of allylic oxidation sites excluding steroid dienone is 1. The van der Waals surface area contributed by atoms with E-state index >= 15 is 0 Å². The van der Waals surface area contributed by atoms with Gasteiger partial charge in [-0.15, -0.1) is 0 Å². The Morgan fingerprint density at radius 2 is 1.19 bits per heavy atom. The lowest BCUT2D eigenvalue weighted by Crippen LogP contribution is -2.28. The van der Waals surface area contributed by atoms with Gasteiger partial charge in [0.2, 0.25) is 3.79 Å². The summed E-state index contributed by atoms with van der Waals surface area (Å²) < 4.78 is -2.02. The summed E-state index contributed by atoms with van der Waals surface area (Å²) in [6.07, 6.45) is 0. The molecule has 0 unspecified atom stereocenters. The van der Waals surface area contributed by atoms with Gasteiger partial charge in [0.1, 0.15) is 5.57 Å². The number of rotatable bonds is 5. The van der Waals surface area contributed by atoms with E-state index in [1.807, 2.05) is 12.1 Å². The van der Waals surface area contributed by atoms with Crippen molar-refractivity contribution in [2.75, 3.05) is 5.32 Å². The van der Waals surface area contributed by atoms with E-state index in [4.69, 9.17) is 40.5 Å². The van der Waals surface area contributed by atoms with Crippen molar-refractivity contribution in [3.63, 3.8) is 0 Å². The number of nitrogens with two attached hydrogens (primary N) is 1. The Hall–Kier alpha value is -2.73. The molecule has 0 atom stereocenters. The van der Waals surface area contributed by atoms with Gasteiger partial charge in [-0.05, 0) is 19.1 Å². The summed E-state index contributed by atoms with van der Waals surface area (Å²) in [5.41, 5.74) is 7.77. The molecule has 1 radical (unpaired) electrons. The van der Waals surface area contributed by atoms with Crippen molar-refractivity contribution in [1.82, 2.24) is 0 Å². The number of hydrogen-bond acceptors (Lipinski definition) is 3. The van der Waals surface area contributed by atoms with E-state index in [2.05, 4.69) is 61.1 Å². The zero-order valence-corrected chi connectivity index (χ0v) is 19.5. The van der Waals surface area contributed by atoms with Crippen LogP contribution in [0.25, 0.3) is 0 Å². The Balaban J connectivity index is 0.000000242. The molecule has 0 aliphatic rings. The number of nitrogens with one attached hydrogen (secondary N) is 1. The Kier molecular flexibility index (Phi) is 9.85. The van der Waals surface area contributed by atoms with Crippen LogP contribution in [0.15, 0.2) is 102 Å². The molecule has 3 aromatic rings. The lowest BCUT2D eigenvalue weighted by molar-refractivity contribution is -0.119. The van der Waals surface area contributed by atoms with Crippen LogP contribution >= 0.6 is 34.8 Å². The maximum absolute atomic E-state index is 12.0. The number of alkyl halides is 3. The molecule has 3 rings (SSSR count). The van der Waals surface area contributed by atoms with Crippen molar-refractivity contribution in [2.24, 2.45) is 5.73 Å². The molecular weight excluding hydrogens is 465 g/mol. The number of ketones is 1. The minimum Gasteiger partial charge on any atom is -0.398 e. The van der Waals surface area contributed by atoms with Crippen LogP contribution in [0.4, 0.5) is 5.69 Å². The minimum atomic E-state index is -2.02. The standard InChI is InChI=1S/C12H10B.C12H11Cl3N2O2/c1-3-7-11(8-4-1)13-12-9-5-2-6-10-12;1-7(18)9(10(16)12(13,14)15)11(19)17-8-5-3-2-4-6-8/h1-10H;2-6H,16H2,1H3,(H,17,19)/b;10-9-. The number of carbonyl (C=O) groups excluding carboxylic acids is 2. The average Bonchev–Trinajstić information content (AvgIpc) is 2.75. The van der Waals surface area contributed by atoms with Gasteiger partial charge >= 0.3 is 0 Å². The topological polar surface area (TPSA) is 72.2 Å². The second-order valence-corrected chi connectivity index (χ2v) is 8.91. The largest absolute Gasteiger partial charge is 0.398 e. The van der Waals surface area contributed by atoms with E-state index in [-0.39, 0.29) is 5.57 Å². The maximum Gasteiger partial charge on any atom is 0.261 e. The third kappa shape index (κ3) is 8.43. The molecule has 0 aliphatic heterocycles. The highest BCUT2D eigenvalue weighted by Crippen LogP contribution is 2.33. The van der Waals surface area contributed by atoms with Gasteiger partial charge in [0.05, 0.1) is 5.70 Å². The van der Waals surface area contributed by atoms with Crippen LogP contribution in [0.1, 0.15) is 6.92 Å². The Morgan fingerprint density at radius 3 is 1.56 bits per heavy atom. The zero-order valence-electron chi connectivity index (χ0n) is 17.3. The van der Waals surface area contributed by atoms with Gasteiger partial charge in [0.25, 0.3) is 5.91 Å². The summed E-state index contributed by atoms with van der Waals surface area (Å²) >= 11 is 16.8. The predicted molar refractivity (Wildman–Crippen MR) is 135 cm³/mol. The number of halogens is 3. The number of Topliss-reactive ketones (excluding diaryl/α,β-unsaturated/α-hetero) is 1. The zero-order chi connectivity index (χ0) is 23.6. The molecule has 0 fully saturated rings. The molecule has 0 saturated carbocycles. The Labute approximate surface area is 203 Å². The molecule has 3 N–H and O–H groups in total. The average molecular weight is 487 g/mol. The van der Waals surface area contributed by atoms with Gasteiger partial charge in [-0.25, -0.2) is 0 Å². The van der Waals surface area contributed by atoms with Crippen LogP contribution in [-0.2, 0) is 9.59 Å². The summed E-state index contributed by atoms with van der Waals surface area (Å²) in [5.74, 6) is -1.31.